The molecule has 5 nitrogen and oxygen atoms in total. The summed E-state index contributed by atoms with van der Waals surface area (Å²) in [7, 11) is 1.75. The Morgan fingerprint density at radius 1 is 1.32 bits per heavy atom. The standard InChI is InChI=1S/C18H25ClN4OS/c1-12(2)16-9-15(24-23-16)10-21-18(20-3)22-11-17(25-4)13-6-5-7-14(19)8-13/h5-9,12,17H,10-11H2,1-4H3,(H2,20,21,22). The fraction of sp³-hybridized carbons (Fsp3) is 0.444. The first-order valence-corrected chi connectivity index (χ1v) is 9.88. The fourth-order valence-corrected chi connectivity index (χ4v) is 3.18. The summed E-state index contributed by atoms with van der Waals surface area (Å²) in [5, 5.41) is 11.7. The van der Waals surface area contributed by atoms with Gasteiger partial charge in [0.25, 0.3) is 0 Å². The second-order valence-corrected chi connectivity index (χ2v) is 7.44. The highest BCUT2D eigenvalue weighted by atomic mass is 35.5. The van der Waals surface area contributed by atoms with E-state index in [1.165, 1.54) is 5.56 Å². The molecule has 1 heterocycles. The van der Waals surface area contributed by atoms with Crippen LogP contribution < -0.4 is 10.6 Å². The number of hydrogen-bond donors (Lipinski definition) is 2. The predicted octanol–water partition coefficient (Wildman–Crippen LogP) is 4.22. The number of nitrogens with one attached hydrogen (secondary N) is 2. The van der Waals surface area contributed by atoms with Crippen molar-refractivity contribution in [3.8, 4) is 0 Å². The minimum absolute atomic E-state index is 0.287. The van der Waals surface area contributed by atoms with Crippen molar-refractivity contribution in [3.05, 3.63) is 52.4 Å². The van der Waals surface area contributed by atoms with Gasteiger partial charge in [-0.2, -0.15) is 11.8 Å². The summed E-state index contributed by atoms with van der Waals surface area (Å²) in [5.41, 5.74) is 2.16. The highest BCUT2D eigenvalue weighted by Crippen LogP contribution is 2.27. The Morgan fingerprint density at radius 2 is 2.12 bits per heavy atom. The zero-order valence-electron chi connectivity index (χ0n) is 15.0. The molecule has 1 aromatic heterocycles. The van der Waals surface area contributed by atoms with Crippen LogP contribution in [0.2, 0.25) is 5.02 Å². The van der Waals surface area contributed by atoms with Crippen LogP contribution in [0.3, 0.4) is 0 Å². The van der Waals surface area contributed by atoms with Crippen LogP contribution in [0, 0.1) is 0 Å². The monoisotopic (exact) mass is 380 g/mol. The van der Waals surface area contributed by atoms with Crippen LogP contribution in [0.1, 0.15) is 42.0 Å². The summed E-state index contributed by atoms with van der Waals surface area (Å²) in [6.45, 7) is 5.47. The maximum absolute atomic E-state index is 6.10. The number of nitrogens with zero attached hydrogens (tertiary/aromatic N) is 2. The lowest BCUT2D eigenvalue weighted by atomic mass is 10.1. The first kappa shape index (κ1) is 19.7. The van der Waals surface area contributed by atoms with Gasteiger partial charge in [-0.1, -0.05) is 42.7 Å². The minimum Gasteiger partial charge on any atom is -0.359 e. The molecule has 0 bridgehead atoms. The van der Waals surface area contributed by atoms with E-state index in [9.17, 15) is 0 Å². The molecule has 0 spiro atoms. The Kier molecular flexibility index (Phi) is 7.65. The van der Waals surface area contributed by atoms with E-state index >= 15 is 0 Å². The lowest BCUT2D eigenvalue weighted by Crippen LogP contribution is -2.38. The molecule has 0 fully saturated rings. The van der Waals surface area contributed by atoms with E-state index in [4.69, 9.17) is 16.1 Å². The van der Waals surface area contributed by atoms with Crippen molar-refractivity contribution >= 4 is 29.3 Å². The molecule has 0 aliphatic heterocycles. The number of benzene rings is 1. The van der Waals surface area contributed by atoms with Gasteiger partial charge in [-0.05, 0) is 29.9 Å². The average molecular weight is 381 g/mol. The van der Waals surface area contributed by atoms with Crippen molar-refractivity contribution in [2.45, 2.75) is 31.6 Å². The highest BCUT2D eigenvalue weighted by Gasteiger charge is 2.12. The van der Waals surface area contributed by atoms with Crippen LogP contribution in [0.15, 0.2) is 39.8 Å². The number of guanidine groups is 1. The topological polar surface area (TPSA) is 62.5 Å². The summed E-state index contributed by atoms with van der Waals surface area (Å²) >= 11 is 7.87. The van der Waals surface area contributed by atoms with Gasteiger partial charge in [-0.3, -0.25) is 4.99 Å². The van der Waals surface area contributed by atoms with Crippen molar-refractivity contribution < 1.29 is 4.52 Å². The van der Waals surface area contributed by atoms with Crippen LogP contribution in [-0.2, 0) is 6.54 Å². The minimum atomic E-state index is 0.287. The summed E-state index contributed by atoms with van der Waals surface area (Å²) in [4.78, 5) is 4.26. The van der Waals surface area contributed by atoms with Crippen molar-refractivity contribution in [1.29, 1.82) is 0 Å². The van der Waals surface area contributed by atoms with E-state index in [1.54, 1.807) is 18.8 Å². The molecular formula is C18H25ClN4OS. The maximum Gasteiger partial charge on any atom is 0.191 e. The van der Waals surface area contributed by atoms with Crippen LogP contribution in [-0.4, -0.2) is 31.0 Å². The van der Waals surface area contributed by atoms with Crippen LogP contribution >= 0.6 is 23.4 Å². The van der Waals surface area contributed by atoms with Gasteiger partial charge in [-0.15, -0.1) is 0 Å². The van der Waals surface area contributed by atoms with E-state index in [-0.39, 0.29) is 5.25 Å². The van der Waals surface area contributed by atoms with Crippen molar-refractivity contribution in [3.63, 3.8) is 0 Å². The van der Waals surface area contributed by atoms with Crippen molar-refractivity contribution in [2.75, 3.05) is 19.8 Å². The third-order valence-electron chi connectivity index (χ3n) is 3.78. The fourth-order valence-electron chi connectivity index (χ4n) is 2.31. The lowest BCUT2D eigenvalue weighted by Gasteiger charge is -2.18. The predicted molar refractivity (Wildman–Crippen MR) is 107 cm³/mol. The number of halogens is 1. The molecule has 0 saturated carbocycles. The first-order chi connectivity index (χ1) is 12.0. The van der Waals surface area contributed by atoms with Gasteiger partial charge in [0.15, 0.2) is 11.7 Å². The largest absolute Gasteiger partial charge is 0.359 e. The zero-order valence-corrected chi connectivity index (χ0v) is 16.6. The molecule has 25 heavy (non-hydrogen) atoms. The lowest BCUT2D eigenvalue weighted by molar-refractivity contribution is 0.372. The van der Waals surface area contributed by atoms with E-state index in [2.05, 4.69) is 47.0 Å². The average Bonchev–Trinajstić information content (AvgIpc) is 3.07. The summed E-state index contributed by atoms with van der Waals surface area (Å²) in [6.07, 6.45) is 2.09. The SMILES string of the molecule is CN=C(NCc1cc(C(C)C)no1)NCC(SC)c1cccc(Cl)c1. The Balaban J connectivity index is 1.88. The Labute approximate surface area is 158 Å². The molecule has 2 N–H and O–H groups in total. The molecule has 0 aliphatic carbocycles. The molecular weight excluding hydrogens is 356 g/mol. The van der Waals surface area contributed by atoms with E-state index in [0.717, 1.165) is 29.0 Å². The van der Waals surface area contributed by atoms with Gasteiger partial charge >= 0.3 is 0 Å². The first-order valence-electron chi connectivity index (χ1n) is 8.21. The highest BCUT2D eigenvalue weighted by molar-refractivity contribution is 7.98. The second kappa shape index (κ2) is 9.73. The van der Waals surface area contributed by atoms with Crippen LogP contribution in [0.25, 0.3) is 0 Å². The third-order valence-corrected chi connectivity index (χ3v) is 5.03. The summed E-state index contributed by atoms with van der Waals surface area (Å²) in [5.74, 6) is 1.88. The molecule has 2 aromatic rings. The second-order valence-electron chi connectivity index (χ2n) is 5.96. The smallest absolute Gasteiger partial charge is 0.191 e. The van der Waals surface area contributed by atoms with E-state index in [1.807, 2.05) is 24.3 Å². The van der Waals surface area contributed by atoms with Gasteiger partial charge in [-0.25, -0.2) is 0 Å². The van der Waals surface area contributed by atoms with Crippen molar-refractivity contribution in [2.24, 2.45) is 4.99 Å². The van der Waals surface area contributed by atoms with Crippen LogP contribution in [0.5, 0.6) is 0 Å². The molecule has 0 radical (unpaired) electrons. The van der Waals surface area contributed by atoms with Crippen LogP contribution in [0.4, 0.5) is 0 Å². The Morgan fingerprint density at radius 3 is 2.72 bits per heavy atom. The molecule has 0 aliphatic rings. The van der Waals surface area contributed by atoms with Gasteiger partial charge in [0.05, 0.1) is 12.2 Å². The number of aliphatic imine (C=N–C) groups is 1. The quantitative estimate of drug-likeness (QED) is 0.556. The Hall–Kier alpha value is -1.66. The zero-order chi connectivity index (χ0) is 18.2. The molecule has 1 atom stereocenters. The van der Waals surface area contributed by atoms with Gasteiger partial charge in [0, 0.05) is 29.9 Å². The number of rotatable bonds is 7. The third kappa shape index (κ3) is 5.97. The van der Waals surface area contributed by atoms with Crippen molar-refractivity contribution in [1.82, 2.24) is 15.8 Å². The molecule has 1 aromatic carbocycles. The molecule has 7 heteroatoms. The molecule has 0 amide bonds. The Bertz CT molecular complexity index is 702. The summed E-state index contributed by atoms with van der Waals surface area (Å²) < 4.78 is 5.34. The molecule has 0 saturated heterocycles. The normalized spacial score (nSPS) is 13.1. The van der Waals surface area contributed by atoms with E-state index < -0.39 is 0 Å². The molecule has 2 rings (SSSR count). The number of thioether (sulfide) groups is 1. The summed E-state index contributed by atoms with van der Waals surface area (Å²) in [6, 6.07) is 9.93. The van der Waals surface area contributed by atoms with Gasteiger partial charge in [0.1, 0.15) is 0 Å². The number of aromatic nitrogens is 1. The molecule has 1 unspecified atom stereocenters. The van der Waals surface area contributed by atoms with E-state index in [0.29, 0.717) is 12.5 Å². The maximum atomic E-state index is 6.10. The van der Waals surface area contributed by atoms with Gasteiger partial charge in [0.2, 0.25) is 0 Å². The number of hydrogen-bond acceptors (Lipinski definition) is 4. The molecule has 136 valence electrons. The van der Waals surface area contributed by atoms with Gasteiger partial charge < -0.3 is 15.2 Å².